The van der Waals surface area contributed by atoms with Crippen LogP contribution in [0.2, 0.25) is 0 Å². The molecule has 0 fully saturated rings. The predicted octanol–water partition coefficient (Wildman–Crippen LogP) is 1.37. The quantitative estimate of drug-likeness (QED) is 0.763. The molecule has 0 bridgehead atoms. The molecule has 88 valence electrons. The van der Waals surface area contributed by atoms with Crippen molar-refractivity contribution in [3.8, 4) is 0 Å². The molecule has 3 N–H and O–H groups in total. The number of nitrogens with two attached hydrogens (primary N) is 1. The number of carbonyl (C=O) groups is 1. The lowest BCUT2D eigenvalue weighted by molar-refractivity contribution is -0.113. The number of amides is 1. The highest BCUT2D eigenvalue weighted by Crippen LogP contribution is 2.10. The summed E-state index contributed by atoms with van der Waals surface area (Å²) < 4.78 is 11.3. The third kappa shape index (κ3) is 4.44. The second-order valence-electron chi connectivity index (χ2n) is 3.46. The minimum Gasteiger partial charge on any atom is -0.399 e. The first-order chi connectivity index (χ1) is 7.61. The van der Waals surface area contributed by atoms with Gasteiger partial charge in [0.05, 0.1) is 0 Å². The van der Waals surface area contributed by atoms with Crippen LogP contribution in [0, 0.1) is 0 Å². The summed E-state index contributed by atoms with van der Waals surface area (Å²) in [4.78, 5) is 11.4. The second kappa shape index (κ2) is 6.27. The molecule has 16 heavy (non-hydrogen) atoms. The van der Waals surface area contributed by atoms with E-state index in [0.29, 0.717) is 17.1 Å². The zero-order valence-electron chi connectivity index (χ0n) is 9.23. The highest BCUT2D eigenvalue weighted by Gasteiger charge is 2.07. The Bertz CT molecular complexity index is 376. The van der Waals surface area contributed by atoms with Crippen LogP contribution in [-0.4, -0.2) is 21.6 Å². The molecule has 0 radical (unpaired) electrons. The minimum atomic E-state index is -1.06. The van der Waals surface area contributed by atoms with Crippen LogP contribution in [0.3, 0.4) is 0 Å². The number of hydrogen-bond acceptors (Lipinski definition) is 3. The van der Waals surface area contributed by atoms with Gasteiger partial charge in [0.25, 0.3) is 0 Å². The van der Waals surface area contributed by atoms with Gasteiger partial charge < -0.3 is 11.1 Å². The van der Waals surface area contributed by atoms with Crippen LogP contribution in [0.5, 0.6) is 0 Å². The fourth-order valence-corrected chi connectivity index (χ4v) is 2.17. The molecule has 1 amide bonds. The van der Waals surface area contributed by atoms with Crippen molar-refractivity contribution in [2.24, 2.45) is 0 Å². The fourth-order valence-electron chi connectivity index (χ4n) is 1.21. The van der Waals surface area contributed by atoms with Crippen LogP contribution in [-0.2, 0) is 15.6 Å². The molecule has 0 aliphatic rings. The molecule has 0 saturated heterocycles. The molecule has 1 aromatic rings. The van der Waals surface area contributed by atoms with Crippen molar-refractivity contribution < 1.29 is 9.00 Å². The van der Waals surface area contributed by atoms with Gasteiger partial charge in [-0.3, -0.25) is 9.00 Å². The van der Waals surface area contributed by atoms with Crippen molar-refractivity contribution in [3.63, 3.8) is 0 Å². The zero-order valence-corrected chi connectivity index (χ0v) is 10.0. The average molecular weight is 240 g/mol. The first-order valence-electron chi connectivity index (χ1n) is 5.12. The van der Waals surface area contributed by atoms with Crippen molar-refractivity contribution >= 4 is 28.1 Å². The van der Waals surface area contributed by atoms with Gasteiger partial charge in [0.15, 0.2) is 0 Å². The van der Waals surface area contributed by atoms with E-state index in [2.05, 4.69) is 5.32 Å². The van der Waals surface area contributed by atoms with E-state index in [0.717, 1.165) is 6.42 Å². The first-order valence-corrected chi connectivity index (χ1v) is 6.61. The molecule has 4 nitrogen and oxygen atoms in total. The Labute approximate surface area is 97.7 Å². The molecule has 0 aromatic heterocycles. The molecule has 1 rings (SSSR count). The van der Waals surface area contributed by atoms with Gasteiger partial charge >= 0.3 is 0 Å². The van der Waals surface area contributed by atoms with Crippen molar-refractivity contribution in [2.75, 3.05) is 22.6 Å². The Morgan fingerprint density at radius 1 is 1.38 bits per heavy atom. The SMILES string of the molecule is CCCS(=O)CC(=O)Nc1ccc(N)cc1. The number of carbonyl (C=O) groups excluding carboxylic acids is 1. The lowest BCUT2D eigenvalue weighted by Gasteiger charge is -2.05. The highest BCUT2D eigenvalue weighted by atomic mass is 32.2. The molecule has 0 saturated carbocycles. The van der Waals surface area contributed by atoms with Gasteiger partial charge in [0.2, 0.25) is 5.91 Å². The fraction of sp³-hybridized carbons (Fsp3) is 0.364. The molecular weight excluding hydrogens is 224 g/mol. The van der Waals surface area contributed by atoms with Gasteiger partial charge in [-0.05, 0) is 30.7 Å². The van der Waals surface area contributed by atoms with Gasteiger partial charge in [0.1, 0.15) is 5.75 Å². The summed E-state index contributed by atoms with van der Waals surface area (Å²) in [6.45, 7) is 1.94. The van der Waals surface area contributed by atoms with Crippen molar-refractivity contribution in [2.45, 2.75) is 13.3 Å². The topological polar surface area (TPSA) is 72.2 Å². The summed E-state index contributed by atoms with van der Waals surface area (Å²) in [6, 6.07) is 6.85. The van der Waals surface area contributed by atoms with Crippen LogP contribution >= 0.6 is 0 Å². The lowest BCUT2D eigenvalue weighted by Crippen LogP contribution is -2.20. The van der Waals surface area contributed by atoms with Gasteiger partial charge in [0, 0.05) is 27.9 Å². The molecule has 0 aliphatic carbocycles. The van der Waals surface area contributed by atoms with Crippen LogP contribution in [0.15, 0.2) is 24.3 Å². The van der Waals surface area contributed by atoms with E-state index in [1.54, 1.807) is 24.3 Å². The standard InChI is InChI=1S/C11H16N2O2S/c1-2-7-16(15)8-11(14)13-10-5-3-9(12)4-6-10/h3-6H,2,7-8,12H2,1H3,(H,13,14). The summed E-state index contributed by atoms with van der Waals surface area (Å²) in [5, 5.41) is 2.67. The summed E-state index contributed by atoms with van der Waals surface area (Å²) in [5.74, 6) is 0.393. The van der Waals surface area contributed by atoms with E-state index in [1.165, 1.54) is 0 Å². The number of nitrogen functional groups attached to an aromatic ring is 1. The van der Waals surface area contributed by atoms with Gasteiger partial charge in [-0.15, -0.1) is 0 Å². The number of nitrogens with one attached hydrogen (secondary N) is 1. The van der Waals surface area contributed by atoms with Crippen LogP contribution in [0.25, 0.3) is 0 Å². The number of rotatable bonds is 5. The van der Waals surface area contributed by atoms with Crippen LogP contribution < -0.4 is 11.1 Å². The molecule has 1 atom stereocenters. The van der Waals surface area contributed by atoms with E-state index in [9.17, 15) is 9.00 Å². The monoisotopic (exact) mass is 240 g/mol. The van der Waals surface area contributed by atoms with Crippen LogP contribution in [0.1, 0.15) is 13.3 Å². The highest BCUT2D eigenvalue weighted by molar-refractivity contribution is 7.85. The molecule has 1 unspecified atom stereocenters. The van der Waals surface area contributed by atoms with E-state index in [4.69, 9.17) is 5.73 Å². The third-order valence-corrected chi connectivity index (χ3v) is 3.37. The Balaban J connectivity index is 2.45. The number of anilines is 2. The van der Waals surface area contributed by atoms with Crippen molar-refractivity contribution in [1.82, 2.24) is 0 Å². The third-order valence-electron chi connectivity index (χ3n) is 1.92. The lowest BCUT2D eigenvalue weighted by atomic mass is 10.3. The molecular formula is C11H16N2O2S. The maximum absolute atomic E-state index is 11.4. The van der Waals surface area contributed by atoms with E-state index < -0.39 is 10.8 Å². The predicted molar refractivity (Wildman–Crippen MR) is 67.7 cm³/mol. The largest absolute Gasteiger partial charge is 0.399 e. The zero-order chi connectivity index (χ0) is 12.0. The molecule has 0 aliphatic heterocycles. The second-order valence-corrected chi connectivity index (χ2v) is 5.04. The van der Waals surface area contributed by atoms with Gasteiger partial charge in [-0.25, -0.2) is 0 Å². The summed E-state index contributed by atoms with van der Waals surface area (Å²) in [7, 11) is -1.06. The Kier molecular flexibility index (Phi) is 4.98. The smallest absolute Gasteiger partial charge is 0.236 e. The first kappa shape index (κ1) is 12.7. The van der Waals surface area contributed by atoms with Gasteiger partial charge in [-0.2, -0.15) is 0 Å². The Morgan fingerprint density at radius 3 is 2.56 bits per heavy atom. The molecule has 5 heteroatoms. The van der Waals surface area contributed by atoms with E-state index in [-0.39, 0.29) is 11.7 Å². The summed E-state index contributed by atoms with van der Waals surface area (Å²) in [5.41, 5.74) is 6.84. The molecule has 0 spiro atoms. The molecule has 1 aromatic carbocycles. The Hall–Kier alpha value is -1.36. The molecule has 0 heterocycles. The summed E-state index contributed by atoms with van der Waals surface area (Å²) in [6.07, 6.45) is 0.821. The maximum atomic E-state index is 11.4. The van der Waals surface area contributed by atoms with Crippen molar-refractivity contribution in [3.05, 3.63) is 24.3 Å². The Morgan fingerprint density at radius 2 is 2.00 bits per heavy atom. The van der Waals surface area contributed by atoms with Gasteiger partial charge in [-0.1, -0.05) is 6.92 Å². The van der Waals surface area contributed by atoms with E-state index >= 15 is 0 Å². The normalized spacial score (nSPS) is 12.1. The maximum Gasteiger partial charge on any atom is 0.236 e. The van der Waals surface area contributed by atoms with E-state index in [1.807, 2.05) is 6.92 Å². The van der Waals surface area contributed by atoms with Crippen LogP contribution in [0.4, 0.5) is 11.4 Å². The number of hydrogen-bond donors (Lipinski definition) is 2. The average Bonchev–Trinajstić information content (AvgIpc) is 2.21. The van der Waals surface area contributed by atoms with Crippen molar-refractivity contribution in [1.29, 1.82) is 0 Å². The minimum absolute atomic E-state index is 0.0538. The number of benzene rings is 1. The summed E-state index contributed by atoms with van der Waals surface area (Å²) >= 11 is 0.